The van der Waals surface area contributed by atoms with Crippen molar-refractivity contribution in [1.29, 1.82) is 0 Å². The molecule has 0 N–H and O–H groups in total. The second-order valence-electron chi connectivity index (χ2n) is 12.4. The van der Waals surface area contributed by atoms with E-state index in [1.807, 2.05) is 25.7 Å². The molecule has 3 fully saturated rings. The molecule has 6 nitrogen and oxygen atoms in total. The van der Waals surface area contributed by atoms with E-state index < -0.39 is 11.0 Å². The molecule has 1 aromatic carbocycles. The van der Waals surface area contributed by atoms with Crippen molar-refractivity contribution in [3.63, 3.8) is 0 Å². The molecule has 194 valence electrons. The van der Waals surface area contributed by atoms with E-state index in [0.29, 0.717) is 45.4 Å². The average molecular weight is 485 g/mol. The highest BCUT2D eigenvalue weighted by Crippen LogP contribution is 2.52. The zero-order chi connectivity index (χ0) is 25.3. The molecular formula is C29H44N2O4. The Labute approximate surface area is 211 Å². The van der Waals surface area contributed by atoms with Crippen LogP contribution in [-0.2, 0) is 24.6 Å². The number of rotatable bonds is 6. The summed E-state index contributed by atoms with van der Waals surface area (Å²) in [6.07, 6.45) is 6.83. The molecule has 0 aromatic heterocycles. The SMILES string of the molecule is CN(C)C1(c2ccccc2)CCC2(CC1)CC(=O)N(CCC1(C(=O)OC(C)(C)C)CCOCC1)C2. The molecule has 2 heterocycles. The highest BCUT2D eigenvalue weighted by molar-refractivity contribution is 5.80. The molecule has 1 saturated carbocycles. The molecule has 4 rings (SSSR count). The molecule has 6 heteroatoms. The molecule has 1 aromatic rings. The second kappa shape index (κ2) is 9.85. The fourth-order valence-corrected chi connectivity index (χ4v) is 6.51. The quantitative estimate of drug-likeness (QED) is 0.545. The third-order valence-corrected chi connectivity index (χ3v) is 8.85. The number of hydrogen-bond donors (Lipinski definition) is 0. The first-order valence-corrected chi connectivity index (χ1v) is 13.3. The van der Waals surface area contributed by atoms with Gasteiger partial charge in [-0.1, -0.05) is 30.3 Å². The van der Waals surface area contributed by atoms with Crippen LogP contribution in [0.4, 0.5) is 0 Å². The Morgan fingerprint density at radius 1 is 1.03 bits per heavy atom. The maximum absolute atomic E-state index is 13.2. The van der Waals surface area contributed by atoms with Crippen LogP contribution in [0.1, 0.15) is 77.7 Å². The highest BCUT2D eigenvalue weighted by atomic mass is 16.6. The third-order valence-electron chi connectivity index (χ3n) is 8.85. The Bertz CT molecular complexity index is 891. The third kappa shape index (κ3) is 5.43. The van der Waals surface area contributed by atoms with E-state index in [4.69, 9.17) is 9.47 Å². The van der Waals surface area contributed by atoms with Gasteiger partial charge in [-0.3, -0.25) is 14.5 Å². The van der Waals surface area contributed by atoms with Crippen LogP contribution in [0.2, 0.25) is 0 Å². The van der Waals surface area contributed by atoms with Gasteiger partial charge in [0.05, 0.1) is 5.41 Å². The van der Waals surface area contributed by atoms with Crippen molar-refractivity contribution in [2.45, 2.75) is 83.3 Å². The summed E-state index contributed by atoms with van der Waals surface area (Å²) in [7, 11) is 4.36. The minimum absolute atomic E-state index is 0.0336. The van der Waals surface area contributed by atoms with Gasteiger partial charge in [0.1, 0.15) is 5.60 Å². The molecular weight excluding hydrogens is 440 g/mol. The summed E-state index contributed by atoms with van der Waals surface area (Å²) in [5, 5.41) is 0. The Balaban J connectivity index is 1.42. The number of esters is 1. The van der Waals surface area contributed by atoms with Gasteiger partial charge >= 0.3 is 5.97 Å². The van der Waals surface area contributed by atoms with Gasteiger partial charge in [-0.15, -0.1) is 0 Å². The molecule has 1 spiro atoms. The smallest absolute Gasteiger partial charge is 0.312 e. The van der Waals surface area contributed by atoms with Crippen molar-refractivity contribution in [2.24, 2.45) is 10.8 Å². The molecule has 0 radical (unpaired) electrons. The number of carbonyl (C=O) groups is 2. The van der Waals surface area contributed by atoms with Gasteiger partial charge in [0.2, 0.25) is 5.91 Å². The summed E-state index contributed by atoms with van der Waals surface area (Å²) in [4.78, 5) is 30.8. The summed E-state index contributed by atoms with van der Waals surface area (Å²) >= 11 is 0. The van der Waals surface area contributed by atoms with E-state index in [1.165, 1.54) is 5.56 Å². The Hall–Kier alpha value is -1.92. The molecule has 1 aliphatic carbocycles. The lowest BCUT2D eigenvalue weighted by molar-refractivity contribution is -0.174. The van der Waals surface area contributed by atoms with Gasteiger partial charge in [0, 0.05) is 38.3 Å². The number of carbonyl (C=O) groups excluding carboxylic acids is 2. The summed E-state index contributed by atoms with van der Waals surface area (Å²) in [5.74, 6) is 0.111. The van der Waals surface area contributed by atoms with Crippen molar-refractivity contribution in [1.82, 2.24) is 9.80 Å². The highest BCUT2D eigenvalue weighted by Gasteiger charge is 2.51. The minimum atomic E-state index is -0.554. The Kier molecular flexibility index (Phi) is 7.36. The van der Waals surface area contributed by atoms with Gasteiger partial charge in [0.25, 0.3) is 0 Å². The molecule has 0 atom stereocenters. The Morgan fingerprint density at radius 2 is 1.66 bits per heavy atom. The zero-order valence-electron chi connectivity index (χ0n) is 22.4. The van der Waals surface area contributed by atoms with Gasteiger partial charge in [-0.05, 0) is 90.8 Å². The predicted molar refractivity (Wildman–Crippen MR) is 137 cm³/mol. The Morgan fingerprint density at radius 3 is 2.23 bits per heavy atom. The standard InChI is InChI=1S/C29H44N2O4/c1-26(2,3)35-25(33)28(16-19-34-20-17-28)15-18-31-22-27(21-24(31)32)11-13-29(14-12-27,30(4)5)23-9-7-6-8-10-23/h6-10H,11-22H2,1-5H3. The number of benzene rings is 1. The minimum Gasteiger partial charge on any atom is -0.460 e. The first kappa shape index (κ1) is 26.2. The molecule has 2 saturated heterocycles. The first-order valence-electron chi connectivity index (χ1n) is 13.3. The fraction of sp³-hybridized carbons (Fsp3) is 0.724. The number of nitrogens with zero attached hydrogens (tertiary/aromatic N) is 2. The number of amides is 1. The lowest BCUT2D eigenvalue weighted by Crippen LogP contribution is -2.47. The van der Waals surface area contributed by atoms with Crippen molar-refractivity contribution >= 4 is 11.9 Å². The maximum atomic E-state index is 13.2. The first-order chi connectivity index (χ1) is 16.5. The van der Waals surface area contributed by atoms with Crippen LogP contribution in [0.3, 0.4) is 0 Å². The fourth-order valence-electron chi connectivity index (χ4n) is 6.51. The molecule has 1 amide bonds. The summed E-state index contributed by atoms with van der Waals surface area (Å²) in [5.41, 5.74) is 0.392. The van der Waals surface area contributed by atoms with E-state index in [9.17, 15) is 9.59 Å². The van der Waals surface area contributed by atoms with Crippen LogP contribution < -0.4 is 0 Å². The maximum Gasteiger partial charge on any atom is 0.312 e. The van der Waals surface area contributed by atoms with E-state index in [1.54, 1.807) is 0 Å². The van der Waals surface area contributed by atoms with Gasteiger partial charge < -0.3 is 14.4 Å². The van der Waals surface area contributed by atoms with Crippen LogP contribution in [0, 0.1) is 10.8 Å². The van der Waals surface area contributed by atoms with Gasteiger partial charge in [-0.25, -0.2) is 0 Å². The lowest BCUT2D eigenvalue weighted by Gasteiger charge is -2.49. The van der Waals surface area contributed by atoms with Crippen LogP contribution in [0.15, 0.2) is 30.3 Å². The normalized spacial score (nSPS) is 29.1. The topological polar surface area (TPSA) is 59.1 Å². The molecule has 2 aliphatic heterocycles. The van der Waals surface area contributed by atoms with Crippen molar-refractivity contribution in [3.05, 3.63) is 35.9 Å². The summed E-state index contributed by atoms with van der Waals surface area (Å²) < 4.78 is 11.4. The summed E-state index contributed by atoms with van der Waals surface area (Å²) in [6.45, 7) is 8.32. The van der Waals surface area contributed by atoms with Crippen LogP contribution in [-0.4, -0.2) is 67.7 Å². The van der Waals surface area contributed by atoms with Crippen LogP contribution in [0.5, 0.6) is 0 Å². The van der Waals surface area contributed by atoms with Crippen molar-refractivity contribution < 1.29 is 19.1 Å². The number of likely N-dealkylation sites (tertiary alicyclic amines) is 1. The largest absolute Gasteiger partial charge is 0.460 e. The molecule has 0 bridgehead atoms. The monoisotopic (exact) mass is 484 g/mol. The van der Waals surface area contributed by atoms with E-state index in [2.05, 4.69) is 49.3 Å². The molecule has 35 heavy (non-hydrogen) atoms. The average Bonchev–Trinajstić information content (AvgIpc) is 3.13. The van der Waals surface area contributed by atoms with Crippen molar-refractivity contribution in [3.8, 4) is 0 Å². The van der Waals surface area contributed by atoms with E-state index in [0.717, 1.165) is 32.2 Å². The van der Waals surface area contributed by atoms with E-state index in [-0.39, 0.29) is 22.8 Å². The van der Waals surface area contributed by atoms with Gasteiger partial charge in [0.15, 0.2) is 0 Å². The lowest BCUT2D eigenvalue weighted by atomic mass is 9.64. The molecule has 0 unspecified atom stereocenters. The summed E-state index contributed by atoms with van der Waals surface area (Å²) in [6, 6.07) is 10.8. The zero-order valence-corrected chi connectivity index (χ0v) is 22.4. The van der Waals surface area contributed by atoms with E-state index >= 15 is 0 Å². The van der Waals surface area contributed by atoms with Crippen LogP contribution >= 0.6 is 0 Å². The van der Waals surface area contributed by atoms with Crippen LogP contribution in [0.25, 0.3) is 0 Å². The number of ether oxygens (including phenoxy) is 2. The molecule has 3 aliphatic rings. The van der Waals surface area contributed by atoms with Gasteiger partial charge in [-0.2, -0.15) is 0 Å². The number of hydrogen-bond acceptors (Lipinski definition) is 5. The predicted octanol–water partition coefficient (Wildman–Crippen LogP) is 4.76. The second-order valence-corrected chi connectivity index (χ2v) is 12.4. The van der Waals surface area contributed by atoms with Crippen molar-refractivity contribution in [2.75, 3.05) is 40.4 Å².